The van der Waals surface area contributed by atoms with E-state index in [0.717, 1.165) is 18.4 Å². The number of hydrogen-bond donors (Lipinski definition) is 0. The zero-order valence-corrected chi connectivity index (χ0v) is 17.0. The van der Waals surface area contributed by atoms with E-state index in [0.29, 0.717) is 6.10 Å². The SMILES string of the molecule is CCCCCCCCCC(CCCCCCCBr)OCCC. The number of hydrogen-bond acceptors (Lipinski definition) is 1. The number of unbranched alkanes of at least 4 members (excludes halogenated alkanes) is 10. The number of alkyl halides is 1. The molecule has 1 nitrogen and oxygen atoms in total. The first-order chi connectivity index (χ1) is 10.8. The van der Waals surface area contributed by atoms with Crippen LogP contribution in [0.5, 0.6) is 0 Å². The first-order valence-corrected chi connectivity index (χ1v) is 11.1. The quantitative estimate of drug-likeness (QED) is 0.176. The molecule has 1 atom stereocenters. The average Bonchev–Trinajstić information content (AvgIpc) is 2.54. The van der Waals surface area contributed by atoms with Crippen molar-refractivity contribution in [3.8, 4) is 0 Å². The van der Waals surface area contributed by atoms with Crippen LogP contribution in [0.15, 0.2) is 0 Å². The van der Waals surface area contributed by atoms with E-state index < -0.39 is 0 Å². The number of rotatable bonds is 18. The lowest BCUT2D eigenvalue weighted by molar-refractivity contribution is 0.0385. The third kappa shape index (κ3) is 16.8. The molecule has 0 amide bonds. The first-order valence-electron chi connectivity index (χ1n) is 10.0. The van der Waals surface area contributed by atoms with E-state index in [1.807, 2.05) is 0 Å². The molecule has 0 rings (SSSR count). The molecule has 1 unspecified atom stereocenters. The van der Waals surface area contributed by atoms with E-state index in [4.69, 9.17) is 4.74 Å². The summed E-state index contributed by atoms with van der Waals surface area (Å²) in [5.74, 6) is 0. The third-order valence-corrected chi connectivity index (χ3v) is 4.91. The van der Waals surface area contributed by atoms with Gasteiger partial charge in [0.05, 0.1) is 6.10 Å². The second-order valence-electron chi connectivity index (χ2n) is 6.65. The Hall–Kier alpha value is 0.440. The molecule has 0 aromatic rings. The predicted molar refractivity (Wildman–Crippen MR) is 104 cm³/mol. The highest BCUT2D eigenvalue weighted by molar-refractivity contribution is 9.09. The fourth-order valence-electron chi connectivity index (χ4n) is 2.92. The van der Waals surface area contributed by atoms with Crippen molar-refractivity contribution in [3.63, 3.8) is 0 Å². The van der Waals surface area contributed by atoms with E-state index >= 15 is 0 Å². The summed E-state index contributed by atoms with van der Waals surface area (Å²) in [7, 11) is 0. The van der Waals surface area contributed by atoms with Crippen molar-refractivity contribution in [3.05, 3.63) is 0 Å². The summed E-state index contributed by atoms with van der Waals surface area (Å²) >= 11 is 3.51. The Morgan fingerprint density at radius 2 is 1.14 bits per heavy atom. The van der Waals surface area contributed by atoms with Gasteiger partial charge in [-0.25, -0.2) is 0 Å². The van der Waals surface area contributed by atoms with E-state index in [-0.39, 0.29) is 0 Å². The van der Waals surface area contributed by atoms with E-state index in [1.165, 1.54) is 89.9 Å². The zero-order valence-electron chi connectivity index (χ0n) is 15.4. The highest BCUT2D eigenvalue weighted by Gasteiger charge is 2.08. The summed E-state index contributed by atoms with van der Waals surface area (Å²) in [4.78, 5) is 0. The van der Waals surface area contributed by atoms with Crippen LogP contribution in [0.4, 0.5) is 0 Å². The van der Waals surface area contributed by atoms with Crippen LogP contribution in [0.25, 0.3) is 0 Å². The van der Waals surface area contributed by atoms with Crippen molar-refractivity contribution in [2.24, 2.45) is 0 Å². The summed E-state index contributed by atoms with van der Waals surface area (Å²) in [6.07, 6.45) is 20.9. The van der Waals surface area contributed by atoms with Gasteiger partial charge in [0.1, 0.15) is 0 Å². The van der Waals surface area contributed by atoms with Gasteiger partial charge in [-0.3, -0.25) is 0 Å². The van der Waals surface area contributed by atoms with Gasteiger partial charge in [-0.2, -0.15) is 0 Å². The van der Waals surface area contributed by atoms with Gasteiger partial charge in [-0.1, -0.05) is 100 Å². The van der Waals surface area contributed by atoms with Gasteiger partial charge in [-0.05, 0) is 25.7 Å². The maximum Gasteiger partial charge on any atom is 0.0575 e. The highest BCUT2D eigenvalue weighted by Crippen LogP contribution is 2.17. The van der Waals surface area contributed by atoms with Crippen LogP contribution in [-0.4, -0.2) is 18.0 Å². The molecular weight excluding hydrogens is 336 g/mol. The van der Waals surface area contributed by atoms with Gasteiger partial charge in [0, 0.05) is 11.9 Å². The molecule has 0 N–H and O–H groups in total. The summed E-state index contributed by atoms with van der Waals surface area (Å²) in [5, 5.41) is 1.16. The molecule has 0 bridgehead atoms. The largest absolute Gasteiger partial charge is 0.378 e. The van der Waals surface area contributed by atoms with Crippen molar-refractivity contribution in [1.82, 2.24) is 0 Å². The minimum absolute atomic E-state index is 0.534. The van der Waals surface area contributed by atoms with Crippen LogP contribution in [0.1, 0.15) is 110 Å². The van der Waals surface area contributed by atoms with Gasteiger partial charge in [-0.15, -0.1) is 0 Å². The molecule has 134 valence electrons. The Kier molecular flexibility index (Phi) is 19.9. The lowest BCUT2D eigenvalue weighted by Crippen LogP contribution is -2.13. The standard InChI is InChI=1S/C20H41BrO/c1-3-5-6-7-8-10-13-16-20(22-19-4-2)17-14-11-9-12-15-18-21/h20H,3-19H2,1-2H3. The Labute approximate surface area is 149 Å². The van der Waals surface area contributed by atoms with Gasteiger partial charge >= 0.3 is 0 Å². The van der Waals surface area contributed by atoms with Gasteiger partial charge in [0.15, 0.2) is 0 Å². The van der Waals surface area contributed by atoms with Gasteiger partial charge in [0.25, 0.3) is 0 Å². The highest BCUT2D eigenvalue weighted by atomic mass is 79.9. The maximum atomic E-state index is 6.06. The maximum absolute atomic E-state index is 6.06. The monoisotopic (exact) mass is 376 g/mol. The molecule has 0 heterocycles. The minimum atomic E-state index is 0.534. The summed E-state index contributed by atoms with van der Waals surface area (Å²) in [6, 6.07) is 0. The lowest BCUT2D eigenvalue weighted by atomic mass is 10.0. The van der Waals surface area contributed by atoms with Crippen LogP contribution >= 0.6 is 15.9 Å². The zero-order chi connectivity index (χ0) is 16.3. The predicted octanol–water partition coefficient (Wildman–Crippen LogP) is 7.66. The van der Waals surface area contributed by atoms with Crippen molar-refractivity contribution < 1.29 is 4.74 Å². The van der Waals surface area contributed by atoms with E-state index in [1.54, 1.807) is 0 Å². The molecule has 0 aliphatic heterocycles. The van der Waals surface area contributed by atoms with Crippen LogP contribution in [-0.2, 0) is 4.74 Å². The molecule has 2 heteroatoms. The number of ether oxygens (including phenoxy) is 1. The Balaban J connectivity index is 3.56. The molecule has 0 fully saturated rings. The molecule has 0 aromatic heterocycles. The smallest absolute Gasteiger partial charge is 0.0575 e. The third-order valence-electron chi connectivity index (χ3n) is 4.35. The van der Waals surface area contributed by atoms with E-state index in [2.05, 4.69) is 29.8 Å². The van der Waals surface area contributed by atoms with Gasteiger partial charge < -0.3 is 4.74 Å². The van der Waals surface area contributed by atoms with Crippen LogP contribution < -0.4 is 0 Å². The second-order valence-corrected chi connectivity index (χ2v) is 7.44. The summed E-state index contributed by atoms with van der Waals surface area (Å²) < 4.78 is 6.06. The molecule has 0 aromatic carbocycles. The normalized spacial score (nSPS) is 12.7. The van der Waals surface area contributed by atoms with Crippen molar-refractivity contribution in [1.29, 1.82) is 0 Å². The fourth-order valence-corrected chi connectivity index (χ4v) is 3.32. The molecule has 0 aliphatic carbocycles. The van der Waals surface area contributed by atoms with Crippen molar-refractivity contribution >= 4 is 15.9 Å². The second kappa shape index (κ2) is 19.5. The van der Waals surface area contributed by atoms with Crippen LogP contribution in [0.2, 0.25) is 0 Å². The fraction of sp³-hybridized carbons (Fsp3) is 1.00. The Morgan fingerprint density at radius 3 is 1.64 bits per heavy atom. The molecule has 0 spiro atoms. The molecule has 0 aliphatic rings. The van der Waals surface area contributed by atoms with Crippen LogP contribution in [0.3, 0.4) is 0 Å². The molecule has 22 heavy (non-hydrogen) atoms. The van der Waals surface area contributed by atoms with Crippen LogP contribution in [0, 0.1) is 0 Å². The first kappa shape index (κ1) is 22.4. The van der Waals surface area contributed by atoms with Crippen molar-refractivity contribution in [2.45, 2.75) is 116 Å². The average molecular weight is 377 g/mol. The summed E-state index contributed by atoms with van der Waals surface area (Å²) in [5.41, 5.74) is 0. The molecule has 0 saturated heterocycles. The molecular formula is C20H41BrO. The topological polar surface area (TPSA) is 9.23 Å². The van der Waals surface area contributed by atoms with Crippen molar-refractivity contribution in [2.75, 3.05) is 11.9 Å². The summed E-state index contributed by atoms with van der Waals surface area (Å²) in [6.45, 7) is 5.45. The van der Waals surface area contributed by atoms with Gasteiger partial charge in [0.2, 0.25) is 0 Å². The lowest BCUT2D eigenvalue weighted by Gasteiger charge is -2.17. The minimum Gasteiger partial charge on any atom is -0.378 e. The number of halogens is 1. The Bertz CT molecular complexity index is 196. The Morgan fingerprint density at radius 1 is 0.636 bits per heavy atom. The molecule has 0 saturated carbocycles. The molecule has 0 radical (unpaired) electrons. The van der Waals surface area contributed by atoms with E-state index in [9.17, 15) is 0 Å².